The molecule has 0 atom stereocenters. The van der Waals surface area contributed by atoms with Crippen molar-refractivity contribution in [2.45, 2.75) is 6.92 Å². The second-order valence-corrected chi connectivity index (χ2v) is 6.68. The smallest absolute Gasteiger partial charge is 0.291 e. The molecule has 1 aromatic carbocycles. The Bertz CT molecular complexity index is 1060. The first-order valence-electron chi connectivity index (χ1n) is 7.50. The predicted octanol–water partition coefficient (Wildman–Crippen LogP) is 4.19. The summed E-state index contributed by atoms with van der Waals surface area (Å²) in [4.78, 5) is 16.2. The van der Waals surface area contributed by atoms with Crippen molar-refractivity contribution in [1.82, 2.24) is 15.0 Å². The second kappa shape index (κ2) is 7.15. The summed E-state index contributed by atoms with van der Waals surface area (Å²) in [6, 6.07) is 7.91. The normalized spacial score (nSPS) is 11.4. The Morgan fingerprint density at radius 3 is 2.69 bits per heavy atom. The van der Waals surface area contributed by atoms with Crippen LogP contribution in [0.4, 0.5) is 5.69 Å². The molecule has 0 radical (unpaired) electrons. The molecule has 0 fully saturated rings. The average Bonchev–Trinajstić information content (AvgIpc) is 2.88. The standard InChI is InChI=1S/C17H14Cl3N5O/c1-8-10(9-5-3-4-6-11(9)25(8)2)7-22-24-17(26)15-12(18)14(21)13(19)16(20)23-15/h3-7H,1-2H3,(H2,21,23)(H,24,26)/b22-7+. The maximum atomic E-state index is 12.3. The van der Waals surface area contributed by atoms with E-state index in [-0.39, 0.29) is 26.6 Å². The van der Waals surface area contributed by atoms with E-state index in [0.717, 1.165) is 22.2 Å². The molecule has 0 saturated carbocycles. The molecular formula is C17H14Cl3N5O. The summed E-state index contributed by atoms with van der Waals surface area (Å²) in [6.45, 7) is 1.97. The highest BCUT2D eigenvalue weighted by Gasteiger charge is 2.19. The minimum absolute atomic E-state index is 0.00287. The number of aryl methyl sites for hydroxylation is 1. The molecule has 9 heteroatoms. The van der Waals surface area contributed by atoms with Crippen LogP contribution in [-0.4, -0.2) is 21.7 Å². The van der Waals surface area contributed by atoms with Crippen LogP contribution in [0.2, 0.25) is 15.2 Å². The van der Waals surface area contributed by atoms with E-state index in [0.29, 0.717) is 0 Å². The molecule has 1 amide bonds. The maximum absolute atomic E-state index is 12.3. The summed E-state index contributed by atoms with van der Waals surface area (Å²) in [5, 5.41) is 4.86. The van der Waals surface area contributed by atoms with Gasteiger partial charge in [-0.05, 0) is 13.0 Å². The summed E-state index contributed by atoms with van der Waals surface area (Å²) in [5.41, 5.74) is 10.9. The number of hydrogen-bond donors (Lipinski definition) is 2. The number of nitrogen functional groups attached to an aromatic ring is 1. The second-order valence-electron chi connectivity index (χ2n) is 5.57. The first-order chi connectivity index (χ1) is 12.3. The van der Waals surface area contributed by atoms with Crippen LogP contribution in [0.1, 0.15) is 21.7 Å². The van der Waals surface area contributed by atoms with Crippen LogP contribution in [0.15, 0.2) is 29.4 Å². The number of fused-ring (bicyclic) bond motifs is 1. The number of nitrogens with zero attached hydrogens (tertiary/aromatic N) is 3. The molecule has 2 aromatic heterocycles. The number of aromatic nitrogens is 2. The summed E-state index contributed by atoms with van der Waals surface area (Å²) in [5.74, 6) is -0.644. The first-order valence-corrected chi connectivity index (χ1v) is 8.63. The number of hydrazone groups is 1. The van der Waals surface area contributed by atoms with Crippen molar-refractivity contribution in [2.24, 2.45) is 12.1 Å². The lowest BCUT2D eigenvalue weighted by Gasteiger charge is -2.07. The average molecular weight is 411 g/mol. The summed E-state index contributed by atoms with van der Waals surface area (Å²) < 4.78 is 2.05. The largest absolute Gasteiger partial charge is 0.396 e. The maximum Gasteiger partial charge on any atom is 0.291 e. The molecule has 3 rings (SSSR count). The van der Waals surface area contributed by atoms with Gasteiger partial charge in [-0.15, -0.1) is 0 Å². The van der Waals surface area contributed by atoms with E-state index >= 15 is 0 Å². The molecule has 2 heterocycles. The molecule has 0 spiro atoms. The zero-order chi connectivity index (χ0) is 19.0. The van der Waals surface area contributed by atoms with Crippen molar-refractivity contribution >= 4 is 63.5 Å². The van der Waals surface area contributed by atoms with E-state index in [2.05, 4.69) is 20.1 Å². The van der Waals surface area contributed by atoms with Crippen LogP contribution in [-0.2, 0) is 7.05 Å². The summed E-state index contributed by atoms with van der Waals surface area (Å²) in [7, 11) is 1.97. The van der Waals surface area contributed by atoms with Gasteiger partial charge in [0, 0.05) is 29.2 Å². The molecule has 0 aliphatic rings. The Morgan fingerprint density at radius 1 is 1.27 bits per heavy atom. The van der Waals surface area contributed by atoms with Gasteiger partial charge in [-0.3, -0.25) is 4.79 Å². The fourth-order valence-electron chi connectivity index (χ4n) is 2.60. The first kappa shape index (κ1) is 18.5. The Hall–Kier alpha value is -2.28. The number of benzene rings is 1. The number of halogens is 3. The van der Waals surface area contributed by atoms with Gasteiger partial charge in [0.2, 0.25) is 0 Å². The number of nitrogens with two attached hydrogens (primary N) is 1. The highest BCUT2D eigenvalue weighted by Crippen LogP contribution is 2.34. The van der Waals surface area contributed by atoms with Gasteiger partial charge in [0.1, 0.15) is 5.02 Å². The molecule has 0 saturated heterocycles. The van der Waals surface area contributed by atoms with Gasteiger partial charge in [-0.1, -0.05) is 53.0 Å². The minimum atomic E-state index is -0.644. The van der Waals surface area contributed by atoms with E-state index in [9.17, 15) is 4.79 Å². The summed E-state index contributed by atoms with van der Waals surface area (Å²) >= 11 is 17.7. The van der Waals surface area contributed by atoms with Crippen molar-refractivity contribution in [2.75, 3.05) is 5.73 Å². The minimum Gasteiger partial charge on any atom is -0.396 e. The topological polar surface area (TPSA) is 85.3 Å². The lowest BCUT2D eigenvalue weighted by atomic mass is 10.1. The molecule has 134 valence electrons. The van der Waals surface area contributed by atoms with Crippen LogP contribution in [0.25, 0.3) is 10.9 Å². The van der Waals surface area contributed by atoms with Crippen LogP contribution < -0.4 is 11.2 Å². The number of rotatable bonds is 3. The number of pyridine rings is 1. The van der Waals surface area contributed by atoms with Gasteiger partial charge >= 0.3 is 0 Å². The molecule has 3 N–H and O–H groups in total. The molecule has 26 heavy (non-hydrogen) atoms. The molecular weight excluding hydrogens is 397 g/mol. The van der Waals surface area contributed by atoms with Crippen LogP contribution in [0.5, 0.6) is 0 Å². The van der Waals surface area contributed by atoms with E-state index in [1.807, 2.05) is 38.2 Å². The summed E-state index contributed by atoms with van der Waals surface area (Å²) in [6.07, 6.45) is 1.57. The molecule has 0 aliphatic heterocycles. The number of amides is 1. The van der Waals surface area contributed by atoms with Crippen molar-refractivity contribution < 1.29 is 4.79 Å². The molecule has 0 unspecified atom stereocenters. The van der Waals surface area contributed by atoms with E-state index < -0.39 is 5.91 Å². The number of para-hydroxylation sites is 1. The number of hydrogen-bond acceptors (Lipinski definition) is 4. The van der Waals surface area contributed by atoms with Gasteiger partial charge in [0.15, 0.2) is 10.8 Å². The fraction of sp³-hybridized carbons (Fsp3) is 0.118. The highest BCUT2D eigenvalue weighted by atomic mass is 35.5. The van der Waals surface area contributed by atoms with Crippen LogP contribution in [0.3, 0.4) is 0 Å². The number of anilines is 1. The molecule has 0 bridgehead atoms. The number of carbonyl (C=O) groups excluding carboxylic acids is 1. The predicted molar refractivity (Wildman–Crippen MR) is 106 cm³/mol. The Labute approximate surface area is 164 Å². The van der Waals surface area contributed by atoms with Gasteiger partial charge in [0.05, 0.1) is 16.9 Å². The van der Waals surface area contributed by atoms with Crippen LogP contribution >= 0.6 is 34.8 Å². The quantitative estimate of drug-likeness (QED) is 0.386. The molecule has 0 aliphatic carbocycles. The SMILES string of the molecule is Cc1c(/C=N/NC(=O)c2nc(Cl)c(Cl)c(N)c2Cl)c2ccccc2n1C. The third-order valence-electron chi connectivity index (χ3n) is 4.10. The Balaban J connectivity index is 1.89. The lowest BCUT2D eigenvalue weighted by molar-refractivity contribution is 0.0950. The van der Waals surface area contributed by atoms with Gasteiger partial charge in [0.25, 0.3) is 5.91 Å². The lowest BCUT2D eigenvalue weighted by Crippen LogP contribution is -2.20. The third-order valence-corrected chi connectivity index (χ3v) is 5.23. The van der Waals surface area contributed by atoms with Gasteiger partial charge < -0.3 is 10.3 Å². The van der Waals surface area contributed by atoms with Crippen molar-refractivity contribution in [3.05, 3.63) is 56.4 Å². The zero-order valence-electron chi connectivity index (χ0n) is 13.8. The van der Waals surface area contributed by atoms with Gasteiger partial charge in [-0.2, -0.15) is 5.10 Å². The van der Waals surface area contributed by atoms with Crippen molar-refractivity contribution in [3.63, 3.8) is 0 Å². The zero-order valence-corrected chi connectivity index (χ0v) is 16.1. The van der Waals surface area contributed by atoms with Crippen molar-refractivity contribution in [1.29, 1.82) is 0 Å². The van der Waals surface area contributed by atoms with Crippen molar-refractivity contribution in [3.8, 4) is 0 Å². The van der Waals surface area contributed by atoms with Gasteiger partial charge in [-0.25, -0.2) is 10.4 Å². The fourth-order valence-corrected chi connectivity index (χ4v) is 3.20. The monoisotopic (exact) mass is 409 g/mol. The van der Waals surface area contributed by atoms with Crippen LogP contribution in [0, 0.1) is 6.92 Å². The third kappa shape index (κ3) is 3.11. The van der Waals surface area contributed by atoms with E-state index in [1.54, 1.807) is 6.21 Å². The van der Waals surface area contributed by atoms with E-state index in [1.165, 1.54) is 0 Å². The molecule has 3 aromatic rings. The molecule has 6 nitrogen and oxygen atoms in total. The van der Waals surface area contributed by atoms with E-state index in [4.69, 9.17) is 40.5 Å². The highest BCUT2D eigenvalue weighted by molar-refractivity contribution is 6.46. The Kier molecular flexibility index (Phi) is 5.09. The number of nitrogens with one attached hydrogen (secondary N) is 1. The Morgan fingerprint density at radius 2 is 1.96 bits per heavy atom. The number of carbonyl (C=O) groups is 1.